The molecule has 0 saturated carbocycles. The van der Waals surface area contributed by atoms with E-state index in [9.17, 15) is 26.7 Å². The predicted octanol–water partition coefficient (Wildman–Crippen LogP) is 1.81. The molecule has 66 valence electrons. The van der Waals surface area contributed by atoms with E-state index in [0.29, 0.717) is 6.92 Å². The van der Waals surface area contributed by atoms with E-state index in [0.717, 1.165) is 0 Å². The summed E-state index contributed by atoms with van der Waals surface area (Å²) in [6, 6.07) is 0. The number of hydrogen-bond donors (Lipinski definition) is 0. The minimum Gasteiger partial charge on any atom is -0.296 e. The van der Waals surface area contributed by atoms with Gasteiger partial charge in [-0.3, -0.25) is 4.79 Å². The fraction of sp³-hybridized carbons (Fsp3) is 0.800. The van der Waals surface area contributed by atoms with Crippen LogP contribution in [0, 0.1) is 0 Å². The monoisotopic (exact) mass is 176 g/mol. The minimum atomic E-state index is -4.87. The third kappa shape index (κ3) is 2.13. The Morgan fingerprint density at radius 1 is 1.27 bits per heavy atom. The zero-order chi connectivity index (χ0) is 9.23. The van der Waals surface area contributed by atoms with E-state index < -0.39 is 24.3 Å². The van der Waals surface area contributed by atoms with Crippen LogP contribution in [-0.2, 0) is 4.79 Å². The van der Waals surface area contributed by atoms with Gasteiger partial charge < -0.3 is 0 Å². The molecule has 1 unspecified atom stereocenters. The van der Waals surface area contributed by atoms with Gasteiger partial charge in [0.1, 0.15) is 0 Å². The summed E-state index contributed by atoms with van der Waals surface area (Å²) < 4.78 is 58.2. The molecule has 0 aromatic heterocycles. The third-order valence-corrected chi connectivity index (χ3v) is 0.986. The van der Waals surface area contributed by atoms with Crippen molar-refractivity contribution in [3.8, 4) is 0 Å². The largest absolute Gasteiger partial charge is 0.344 e. The summed E-state index contributed by atoms with van der Waals surface area (Å²) in [4.78, 5) is 9.91. The Morgan fingerprint density at radius 2 is 1.64 bits per heavy atom. The SMILES string of the molecule is CC(=O)C(F)C(F)(F)C(F)F. The van der Waals surface area contributed by atoms with Crippen LogP contribution in [-0.4, -0.2) is 24.3 Å². The van der Waals surface area contributed by atoms with Crippen LogP contribution in [0.2, 0.25) is 0 Å². The van der Waals surface area contributed by atoms with Gasteiger partial charge in [-0.15, -0.1) is 0 Å². The molecule has 0 aliphatic carbocycles. The van der Waals surface area contributed by atoms with Crippen molar-refractivity contribution in [1.29, 1.82) is 0 Å². The molecule has 11 heavy (non-hydrogen) atoms. The Bertz CT molecular complexity index is 155. The van der Waals surface area contributed by atoms with Crippen molar-refractivity contribution in [3.63, 3.8) is 0 Å². The summed E-state index contributed by atoms with van der Waals surface area (Å²) in [5.74, 6) is -6.47. The number of alkyl halides is 5. The molecule has 0 aromatic rings. The quantitative estimate of drug-likeness (QED) is 0.599. The smallest absolute Gasteiger partial charge is 0.296 e. The molecule has 0 spiro atoms. The lowest BCUT2D eigenvalue weighted by atomic mass is 10.1. The Morgan fingerprint density at radius 3 is 1.73 bits per heavy atom. The van der Waals surface area contributed by atoms with Gasteiger partial charge in [0, 0.05) is 0 Å². The molecule has 0 bridgehead atoms. The number of rotatable bonds is 3. The Hall–Kier alpha value is -0.680. The second-order valence-electron chi connectivity index (χ2n) is 1.95. The van der Waals surface area contributed by atoms with Crippen molar-refractivity contribution >= 4 is 5.78 Å². The van der Waals surface area contributed by atoms with Crippen molar-refractivity contribution in [2.75, 3.05) is 0 Å². The average molecular weight is 176 g/mol. The van der Waals surface area contributed by atoms with E-state index in [2.05, 4.69) is 0 Å². The van der Waals surface area contributed by atoms with Gasteiger partial charge in [-0.05, 0) is 6.92 Å². The second-order valence-corrected chi connectivity index (χ2v) is 1.95. The van der Waals surface area contributed by atoms with Crippen LogP contribution in [0.15, 0.2) is 0 Å². The summed E-state index contributed by atoms with van der Waals surface area (Å²) >= 11 is 0. The van der Waals surface area contributed by atoms with Gasteiger partial charge in [-0.1, -0.05) is 0 Å². The lowest BCUT2D eigenvalue weighted by Gasteiger charge is -2.16. The summed E-state index contributed by atoms with van der Waals surface area (Å²) in [5, 5.41) is 0. The van der Waals surface area contributed by atoms with Crippen LogP contribution in [0.3, 0.4) is 0 Å². The van der Waals surface area contributed by atoms with E-state index in [4.69, 9.17) is 0 Å². The molecular weight excluding hydrogens is 171 g/mol. The number of carbonyl (C=O) groups is 1. The van der Waals surface area contributed by atoms with Crippen LogP contribution in [0.4, 0.5) is 22.0 Å². The summed E-state index contributed by atoms with van der Waals surface area (Å²) in [6.07, 6.45) is -7.57. The van der Waals surface area contributed by atoms with Gasteiger partial charge in [0.15, 0.2) is 5.78 Å². The van der Waals surface area contributed by atoms with Crippen LogP contribution in [0.1, 0.15) is 6.92 Å². The highest BCUT2D eigenvalue weighted by Crippen LogP contribution is 2.29. The molecule has 0 aliphatic heterocycles. The molecule has 1 nitrogen and oxygen atoms in total. The molecule has 0 rings (SSSR count). The first-order chi connectivity index (χ1) is 4.80. The van der Waals surface area contributed by atoms with Crippen molar-refractivity contribution in [2.45, 2.75) is 25.4 Å². The number of ketones is 1. The molecule has 0 radical (unpaired) electrons. The fourth-order valence-electron chi connectivity index (χ4n) is 0.382. The highest BCUT2D eigenvalue weighted by atomic mass is 19.3. The van der Waals surface area contributed by atoms with Crippen molar-refractivity contribution < 1.29 is 26.7 Å². The van der Waals surface area contributed by atoms with Gasteiger partial charge in [-0.25, -0.2) is 13.2 Å². The van der Waals surface area contributed by atoms with Gasteiger partial charge in [0.2, 0.25) is 6.17 Å². The van der Waals surface area contributed by atoms with E-state index in [1.807, 2.05) is 0 Å². The average Bonchev–Trinajstić information content (AvgIpc) is 1.85. The molecular formula is C5H5F5O. The highest BCUT2D eigenvalue weighted by Gasteiger charge is 2.51. The number of hydrogen-bond acceptors (Lipinski definition) is 1. The van der Waals surface area contributed by atoms with Crippen LogP contribution < -0.4 is 0 Å². The standard InChI is InChI=1S/C5H5F5O/c1-2(11)3(6)5(9,10)4(7)8/h3-4H,1H3. The second kappa shape index (κ2) is 3.15. The third-order valence-electron chi connectivity index (χ3n) is 0.986. The van der Waals surface area contributed by atoms with Crippen molar-refractivity contribution in [2.24, 2.45) is 0 Å². The van der Waals surface area contributed by atoms with Gasteiger partial charge in [0.25, 0.3) is 0 Å². The van der Waals surface area contributed by atoms with Gasteiger partial charge >= 0.3 is 12.3 Å². The normalized spacial score (nSPS) is 15.2. The van der Waals surface area contributed by atoms with E-state index >= 15 is 0 Å². The highest BCUT2D eigenvalue weighted by molar-refractivity contribution is 5.81. The fourth-order valence-corrected chi connectivity index (χ4v) is 0.382. The molecule has 0 fully saturated rings. The zero-order valence-electron chi connectivity index (χ0n) is 5.45. The minimum absolute atomic E-state index is 0.487. The maximum atomic E-state index is 12.0. The summed E-state index contributed by atoms with van der Waals surface area (Å²) in [6.45, 7) is 0.487. The predicted molar refractivity (Wildman–Crippen MR) is 26.5 cm³/mol. The van der Waals surface area contributed by atoms with Crippen molar-refractivity contribution in [3.05, 3.63) is 0 Å². The molecule has 1 atom stereocenters. The van der Waals surface area contributed by atoms with Crippen LogP contribution in [0.5, 0.6) is 0 Å². The van der Waals surface area contributed by atoms with Gasteiger partial charge in [-0.2, -0.15) is 8.78 Å². The first-order valence-corrected chi connectivity index (χ1v) is 2.60. The molecule has 0 N–H and O–H groups in total. The van der Waals surface area contributed by atoms with Crippen molar-refractivity contribution in [1.82, 2.24) is 0 Å². The molecule has 0 amide bonds. The van der Waals surface area contributed by atoms with Crippen LogP contribution >= 0.6 is 0 Å². The van der Waals surface area contributed by atoms with Gasteiger partial charge in [0.05, 0.1) is 0 Å². The molecule has 0 aromatic carbocycles. The summed E-state index contributed by atoms with van der Waals surface area (Å²) in [5.41, 5.74) is 0. The zero-order valence-corrected chi connectivity index (χ0v) is 5.45. The molecule has 6 heteroatoms. The molecule has 0 aliphatic rings. The maximum Gasteiger partial charge on any atom is 0.344 e. The molecule has 0 saturated heterocycles. The van der Waals surface area contributed by atoms with E-state index in [1.165, 1.54) is 0 Å². The Labute approximate surface area is 59.2 Å². The Balaban J connectivity index is 4.41. The van der Waals surface area contributed by atoms with Crippen LogP contribution in [0.25, 0.3) is 0 Å². The number of halogens is 5. The number of carbonyl (C=O) groups excluding carboxylic acids is 1. The lowest BCUT2D eigenvalue weighted by Crippen LogP contribution is -2.41. The summed E-state index contributed by atoms with van der Waals surface area (Å²) in [7, 11) is 0. The molecule has 0 heterocycles. The number of Topliss-reactive ketones (excluding diaryl/α,β-unsaturated/α-hetero) is 1. The van der Waals surface area contributed by atoms with E-state index in [-0.39, 0.29) is 0 Å². The Kier molecular flexibility index (Phi) is 2.95. The topological polar surface area (TPSA) is 17.1 Å². The first kappa shape index (κ1) is 10.3. The maximum absolute atomic E-state index is 12.0. The van der Waals surface area contributed by atoms with E-state index in [1.54, 1.807) is 0 Å². The first-order valence-electron chi connectivity index (χ1n) is 2.60. The lowest BCUT2D eigenvalue weighted by molar-refractivity contribution is -0.177.